The van der Waals surface area contributed by atoms with Gasteiger partial charge in [-0.2, -0.15) is 21.6 Å². The maximum atomic E-state index is 15.5. The summed E-state index contributed by atoms with van der Waals surface area (Å²) >= 11 is 0.984. The van der Waals surface area contributed by atoms with E-state index in [1.54, 1.807) is 26.0 Å². The average molecular weight is 617 g/mol. The van der Waals surface area contributed by atoms with E-state index in [-0.39, 0.29) is 38.4 Å². The van der Waals surface area contributed by atoms with E-state index in [0.717, 1.165) is 23.0 Å². The lowest BCUT2D eigenvalue weighted by Crippen LogP contribution is -2.28. The van der Waals surface area contributed by atoms with Crippen molar-refractivity contribution in [2.24, 2.45) is 0 Å². The standard InChI is InChI=1S/C26H23F5N2O4S2.C2H6/c1-5-14-7-8-19(32-18(14)6-2)23-22(21-17(28)11-15(27)12-20(21)36-13(3)4)24-16(9-10-38-24)25(33-23)37-39(34,35)26(29,30)31;1-2/h7-13H,5-6H2,1-4H3;1-2H3. The van der Waals surface area contributed by atoms with Gasteiger partial charge in [0.1, 0.15) is 23.1 Å². The van der Waals surface area contributed by atoms with E-state index in [1.165, 1.54) is 11.4 Å². The number of ether oxygens (including phenoxy) is 1. The van der Waals surface area contributed by atoms with Crippen LogP contribution in [0.15, 0.2) is 35.7 Å². The molecule has 13 heteroatoms. The number of pyridine rings is 2. The van der Waals surface area contributed by atoms with Crippen molar-refractivity contribution in [2.75, 3.05) is 0 Å². The summed E-state index contributed by atoms with van der Waals surface area (Å²) in [5.74, 6) is -2.94. The SMILES string of the molecule is CC.CCc1ccc(-c2nc(OS(=O)(=O)C(F)(F)F)c3ccsc3c2-c2c(F)cc(F)cc2OC(C)C)nc1CC. The van der Waals surface area contributed by atoms with Crippen molar-refractivity contribution < 1.29 is 39.3 Å². The molecule has 0 saturated heterocycles. The van der Waals surface area contributed by atoms with Crippen LogP contribution in [0.4, 0.5) is 22.0 Å². The summed E-state index contributed by atoms with van der Waals surface area (Å²) in [5.41, 5.74) is -4.33. The van der Waals surface area contributed by atoms with Gasteiger partial charge < -0.3 is 8.92 Å². The Kier molecular flexibility index (Phi) is 9.96. The second kappa shape index (κ2) is 12.7. The zero-order chi connectivity index (χ0) is 30.7. The maximum Gasteiger partial charge on any atom is 0.534 e. The van der Waals surface area contributed by atoms with E-state index < -0.39 is 39.2 Å². The molecular formula is C28H29F5N2O4S2. The molecule has 6 nitrogen and oxygen atoms in total. The third-order valence-corrected chi connectivity index (χ3v) is 7.58. The zero-order valence-corrected chi connectivity index (χ0v) is 24.8. The highest BCUT2D eigenvalue weighted by Gasteiger charge is 2.49. The van der Waals surface area contributed by atoms with Gasteiger partial charge in [0.25, 0.3) is 0 Å². The minimum Gasteiger partial charge on any atom is -0.490 e. The minimum absolute atomic E-state index is 0.0451. The van der Waals surface area contributed by atoms with Crippen LogP contribution in [0, 0.1) is 11.6 Å². The normalized spacial score (nSPS) is 11.9. The van der Waals surface area contributed by atoms with Gasteiger partial charge in [0, 0.05) is 23.4 Å². The molecule has 4 rings (SSSR count). The first-order valence-electron chi connectivity index (χ1n) is 12.8. The molecule has 222 valence electrons. The van der Waals surface area contributed by atoms with Crippen LogP contribution >= 0.6 is 11.3 Å². The van der Waals surface area contributed by atoms with Gasteiger partial charge in [0.2, 0.25) is 5.88 Å². The van der Waals surface area contributed by atoms with Crippen molar-refractivity contribution in [1.29, 1.82) is 0 Å². The summed E-state index contributed by atoms with van der Waals surface area (Å²) in [5, 5.41) is 1.34. The van der Waals surface area contributed by atoms with Crippen LogP contribution in [-0.2, 0) is 23.0 Å². The van der Waals surface area contributed by atoms with E-state index in [1.807, 2.05) is 27.7 Å². The van der Waals surface area contributed by atoms with Crippen LogP contribution in [0.3, 0.4) is 0 Å². The van der Waals surface area contributed by atoms with Gasteiger partial charge in [-0.05, 0) is 49.8 Å². The molecule has 0 radical (unpaired) electrons. The third-order valence-electron chi connectivity index (χ3n) is 5.70. The number of hydrogen-bond acceptors (Lipinski definition) is 7. The molecule has 3 heterocycles. The molecule has 0 spiro atoms. The Bertz CT molecular complexity index is 1650. The van der Waals surface area contributed by atoms with Crippen LogP contribution in [0.1, 0.15) is 52.8 Å². The molecule has 41 heavy (non-hydrogen) atoms. The number of fused-ring (bicyclic) bond motifs is 1. The number of rotatable bonds is 8. The number of halogens is 5. The number of aryl methyl sites for hydroxylation is 2. The van der Waals surface area contributed by atoms with Gasteiger partial charge in [0.15, 0.2) is 0 Å². The molecule has 1 aromatic carbocycles. The third kappa shape index (κ3) is 6.61. The first-order valence-corrected chi connectivity index (χ1v) is 15.1. The Hall–Kier alpha value is -3.32. The van der Waals surface area contributed by atoms with E-state index in [4.69, 9.17) is 4.74 Å². The summed E-state index contributed by atoms with van der Waals surface area (Å²) in [4.78, 5) is 8.77. The monoisotopic (exact) mass is 616 g/mol. The molecule has 0 bridgehead atoms. The van der Waals surface area contributed by atoms with E-state index in [0.29, 0.717) is 24.6 Å². The molecule has 0 atom stereocenters. The van der Waals surface area contributed by atoms with Crippen molar-refractivity contribution in [3.05, 3.63) is 58.6 Å². The summed E-state index contributed by atoms with van der Waals surface area (Å²) in [6, 6.07) is 6.25. The van der Waals surface area contributed by atoms with Crippen molar-refractivity contribution >= 4 is 31.5 Å². The van der Waals surface area contributed by atoms with Gasteiger partial charge in [-0.25, -0.2) is 13.8 Å². The predicted molar refractivity (Wildman–Crippen MR) is 150 cm³/mol. The Labute approximate surface area is 239 Å². The van der Waals surface area contributed by atoms with Crippen LogP contribution < -0.4 is 8.92 Å². The quantitative estimate of drug-likeness (QED) is 0.112. The van der Waals surface area contributed by atoms with Gasteiger partial charge in [-0.15, -0.1) is 11.3 Å². The van der Waals surface area contributed by atoms with E-state index in [2.05, 4.69) is 14.2 Å². The van der Waals surface area contributed by atoms with Crippen LogP contribution in [0.25, 0.3) is 32.6 Å². The number of nitrogens with zero attached hydrogens (tertiary/aromatic N) is 2. The Morgan fingerprint density at radius 2 is 1.66 bits per heavy atom. The molecule has 4 aromatic rings. The summed E-state index contributed by atoms with van der Waals surface area (Å²) in [6.45, 7) is 11.1. The van der Waals surface area contributed by atoms with Gasteiger partial charge in [-0.3, -0.25) is 4.98 Å². The van der Waals surface area contributed by atoms with Crippen molar-refractivity contribution in [3.63, 3.8) is 0 Å². The smallest absolute Gasteiger partial charge is 0.490 e. The topological polar surface area (TPSA) is 78.4 Å². The molecule has 0 amide bonds. The van der Waals surface area contributed by atoms with Gasteiger partial charge in [0.05, 0.1) is 27.4 Å². The molecule has 0 N–H and O–H groups in total. The van der Waals surface area contributed by atoms with Crippen molar-refractivity contribution in [3.8, 4) is 34.1 Å². The highest BCUT2D eigenvalue weighted by atomic mass is 32.2. The number of hydrogen-bond donors (Lipinski definition) is 0. The Balaban J connectivity index is 0.00000226. The van der Waals surface area contributed by atoms with Gasteiger partial charge in [-0.1, -0.05) is 33.8 Å². The first kappa shape index (κ1) is 32.2. The summed E-state index contributed by atoms with van der Waals surface area (Å²) in [6.07, 6.45) is 0.664. The number of aromatic nitrogens is 2. The Morgan fingerprint density at radius 3 is 2.24 bits per heavy atom. The number of benzene rings is 1. The lowest BCUT2D eigenvalue weighted by molar-refractivity contribution is -0.0500. The predicted octanol–water partition coefficient (Wildman–Crippen LogP) is 8.47. The van der Waals surface area contributed by atoms with E-state index >= 15 is 4.39 Å². The summed E-state index contributed by atoms with van der Waals surface area (Å²) in [7, 11) is -6.08. The number of thiophene rings is 1. The largest absolute Gasteiger partial charge is 0.534 e. The fraction of sp³-hybridized carbons (Fsp3) is 0.357. The van der Waals surface area contributed by atoms with E-state index in [9.17, 15) is 26.0 Å². The average Bonchev–Trinajstić information content (AvgIpc) is 3.39. The molecule has 3 aromatic heterocycles. The maximum absolute atomic E-state index is 15.5. The zero-order valence-electron chi connectivity index (χ0n) is 23.2. The first-order chi connectivity index (χ1) is 19.3. The molecule has 0 aliphatic rings. The lowest BCUT2D eigenvalue weighted by atomic mass is 9.97. The molecule has 0 unspecified atom stereocenters. The highest BCUT2D eigenvalue weighted by Crippen LogP contribution is 2.47. The van der Waals surface area contributed by atoms with Gasteiger partial charge >= 0.3 is 15.6 Å². The molecular weight excluding hydrogens is 587 g/mol. The van der Waals surface area contributed by atoms with Crippen LogP contribution in [0.2, 0.25) is 0 Å². The van der Waals surface area contributed by atoms with Crippen LogP contribution in [-0.4, -0.2) is 30.0 Å². The fourth-order valence-electron chi connectivity index (χ4n) is 4.06. The Morgan fingerprint density at radius 1 is 0.976 bits per heavy atom. The summed E-state index contributed by atoms with van der Waals surface area (Å²) < 4.78 is 104. The molecule has 0 aliphatic carbocycles. The van der Waals surface area contributed by atoms with Crippen molar-refractivity contribution in [2.45, 2.75) is 66.0 Å². The second-order valence-electron chi connectivity index (χ2n) is 8.72. The lowest BCUT2D eigenvalue weighted by Gasteiger charge is -2.19. The molecule has 0 saturated carbocycles. The molecule has 0 aliphatic heterocycles. The fourth-order valence-corrected chi connectivity index (χ4v) is 5.43. The number of alkyl halides is 3. The minimum atomic E-state index is -6.08. The molecule has 0 fully saturated rings. The highest BCUT2D eigenvalue weighted by molar-refractivity contribution is 7.88. The van der Waals surface area contributed by atoms with Crippen LogP contribution in [0.5, 0.6) is 11.6 Å². The van der Waals surface area contributed by atoms with Crippen molar-refractivity contribution in [1.82, 2.24) is 9.97 Å². The second-order valence-corrected chi connectivity index (χ2v) is 11.2.